The van der Waals surface area contributed by atoms with Gasteiger partial charge in [-0.15, -0.1) is 11.3 Å². The first-order valence-corrected chi connectivity index (χ1v) is 13.8. The average molecular weight is 523 g/mol. The molecule has 4 rings (SSSR count). The lowest BCUT2D eigenvalue weighted by Gasteiger charge is -2.38. The van der Waals surface area contributed by atoms with Crippen LogP contribution in [-0.2, 0) is 11.2 Å². The van der Waals surface area contributed by atoms with E-state index in [1.54, 1.807) is 16.2 Å². The van der Waals surface area contributed by atoms with Crippen molar-refractivity contribution in [2.24, 2.45) is 0 Å². The van der Waals surface area contributed by atoms with Crippen LogP contribution in [0.2, 0.25) is 0 Å². The minimum Gasteiger partial charge on any atom is -0.491 e. The molecule has 1 aromatic heterocycles. The Kier molecular flexibility index (Phi) is 8.64. The molecule has 0 unspecified atom stereocenters. The van der Waals surface area contributed by atoms with E-state index >= 15 is 0 Å². The van der Waals surface area contributed by atoms with E-state index in [-0.39, 0.29) is 30.4 Å². The Morgan fingerprint density at radius 2 is 1.78 bits per heavy atom. The number of halogens is 1. The van der Waals surface area contributed by atoms with Crippen LogP contribution >= 0.6 is 11.3 Å². The van der Waals surface area contributed by atoms with Crippen molar-refractivity contribution in [2.45, 2.75) is 58.5 Å². The fourth-order valence-corrected chi connectivity index (χ4v) is 5.57. The molecule has 37 heavy (non-hydrogen) atoms. The van der Waals surface area contributed by atoms with Gasteiger partial charge in [-0.2, -0.15) is 0 Å². The molecule has 2 aromatic carbocycles. The maximum atomic E-state index is 13.7. The van der Waals surface area contributed by atoms with Crippen molar-refractivity contribution in [1.82, 2.24) is 9.80 Å². The molecular weight excluding hydrogens is 487 g/mol. The van der Waals surface area contributed by atoms with Crippen molar-refractivity contribution in [3.63, 3.8) is 0 Å². The summed E-state index contributed by atoms with van der Waals surface area (Å²) < 4.78 is 19.6. The molecule has 5 nitrogen and oxygen atoms in total. The SMILES string of the molecule is CC[C@H](C)N(CC(=O)N1CCc2sccc2[C@@H]1COc1ccc(C(C)C)cc1)C(=O)c1ccc(F)cc1. The summed E-state index contributed by atoms with van der Waals surface area (Å²) in [5.74, 6) is 0.432. The summed E-state index contributed by atoms with van der Waals surface area (Å²) in [6.45, 7) is 9.11. The second-order valence-corrected chi connectivity index (χ2v) is 10.9. The number of hydrogen-bond acceptors (Lipinski definition) is 4. The van der Waals surface area contributed by atoms with Crippen molar-refractivity contribution < 1.29 is 18.7 Å². The maximum absolute atomic E-state index is 13.7. The van der Waals surface area contributed by atoms with Crippen molar-refractivity contribution in [1.29, 1.82) is 0 Å². The smallest absolute Gasteiger partial charge is 0.254 e. The summed E-state index contributed by atoms with van der Waals surface area (Å²) in [6.07, 6.45) is 1.49. The molecule has 2 amide bonds. The maximum Gasteiger partial charge on any atom is 0.254 e. The van der Waals surface area contributed by atoms with Gasteiger partial charge in [0.2, 0.25) is 5.91 Å². The van der Waals surface area contributed by atoms with Crippen LogP contribution in [0.4, 0.5) is 4.39 Å². The molecule has 7 heteroatoms. The standard InChI is InChI=1S/C30H35FN2O3S/c1-5-21(4)33(30(35)23-6-10-24(31)11-7-23)18-29(34)32-16-14-28-26(15-17-37-28)27(32)19-36-25-12-8-22(9-13-25)20(2)3/h6-13,15,17,20-21,27H,5,14,16,18-19H2,1-4H3/t21-,27-/m0/s1. The molecular formula is C30H35FN2O3S. The highest BCUT2D eigenvalue weighted by Gasteiger charge is 2.34. The van der Waals surface area contributed by atoms with Gasteiger partial charge >= 0.3 is 0 Å². The van der Waals surface area contributed by atoms with Crippen LogP contribution in [-0.4, -0.2) is 47.4 Å². The van der Waals surface area contributed by atoms with E-state index in [9.17, 15) is 14.0 Å². The number of nitrogens with zero attached hydrogens (tertiary/aromatic N) is 2. The molecule has 0 aliphatic carbocycles. The molecule has 2 atom stereocenters. The molecule has 0 bridgehead atoms. The Labute approximate surface area is 222 Å². The zero-order valence-electron chi connectivity index (χ0n) is 21.9. The Balaban J connectivity index is 1.52. The number of benzene rings is 2. The number of hydrogen-bond donors (Lipinski definition) is 0. The van der Waals surface area contributed by atoms with Gasteiger partial charge in [-0.25, -0.2) is 4.39 Å². The third-order valence-electron chi connectivity index (χ3n) is 7.15. The molecule has 0 spiro atoms. The Bertz CT molecular complexity index is 1210. The van der Waals surface area contributed by atoms with Crippen LogP contribution in [0, 0.1) is 5.82 Å². The Morgan fingerprint density at radius 3 is 2.43 bits per heavy atom. The number of thiophene rings is 1. The van der Waals surface area contributed by atoms with Gasteiger partial charge in [0.25, 0.3) is 5.91 Å². The zero-order chi connectivity index (χ0) is 26.5. The van der Waals surface area contributed by atoms with E-state index in [0.29, 0.717) is 31.1 Å². The number of fused-ring (bicyclic) bond motifs is 1. The Hall–Kier alpha value is -3.19. The topological polar surface area (TPSA) is 49.9 Å². The number of carbonyl (C=O) groups excluding carboxylic acids is 2. The predicted octanol–water partition coefficient (Wildman–Crippen LogP) is 6.46. The highest BCUT2D eigenvalue weighted by atomic mass is 32.1. The van der Waals surface area contributed by atoms with Crippen LogP contribution in [0.3, 0.4) is 0 Å². The summed E-state index contributed by atoms with van der Waals surface area (Å²) in [7, 11) is 0. The second-order valence-electron chi connectivity index (χ2n) is 9.88. The van der Waals surface area contributed by atoms with Gasteiger partial charge < -0.3 is 14.5 Å². The van der Waals surface area contributed by atoms with Gasteiger partial charge in [0.15, 0.2) is 0 Å². The normalized spacial score (nSPS) is 15.8. The summed E-state index contributed by atoms with van der Waals surface area (Å²) in [5.41, 5.74) is 2.74. The van der Waals surface area contributed by atoms with Crippen LogP contribution < -0.4 is 4.74 Å². The lowest BCUT2D eigenvalue weighted by molar-refractivity contribution is -0.136. The van der Waals surface area contributed by atoms with Crippen molar-refractivity contribution in [3.05, 3.63) is 87.4 Å². The second kappa shape index (κ2) is 11.9. The minimum atomic E-state index is -0.399. The minimum absolute atomic E-state index is 0.0374. The van der Waals surface area contributed by atoms with Gasteiger partial charge in [-0.3, -0.25) is 9.59 Å². The molecule has 1 aliphatic rings. The van der Waals surface area contributed by atoms with E-state index in [2.05, 4.69) is 37.4 Å². The van der Waals surface area contributed by atoms with Crippen LogP contribution in [0.5, 0.6) is 5.75 Å². The molecule has 0 saturated heterocycles. The van der Waals surface area contributed by atoms with Gasteiger partial charge in [0.1, 0.15) is 24.7 Å². The predicted molar refractivity (Wildman–Crippen MR) is 146 cm³/mol. The first kappa shape index (κ1) is 26.9. The van der Waals surface area contributed by atoms with E-state index < -0.39 is 5.82 Å². The van der Waals surface area contributed by atoms with E-state index in [0.717, 1.165) is 17.7 Å². The van der Waals surface area contributed by atoms with E-state index in [1.165, 1.54) is 34.7 Å². The third-order valence-corrected chi connectivity index (χ3v) is 8.15. The molecule has 2 heterocycles. The largest absolute Gasteiger partial charge is 0.491 e. The van der Waals surface area contributed by atoms with Crippen molar-refractivity contribution >= 4 is 23.2 Å². The molecule has 0 radical (unpaired) electrons. The van der Waals surface area contributed by atoms with E-state index in [4.69, 9.17) is 4.74 Å². The highest BCUT2D eigenvalue weighted by molar-refractivity contribution is 7.10. The molecule has 3 aromatic rings. The third kappa shape index (κ3) is 6.21. The average Bonchev–Trinajstić information content (AvgIpc) is 3.39. The quantitative estimate of drug-likeness (QED) is 0.324. The first-order chi connectivity index (χ1) is 17.8. The van der Waals surface area contributed by atoms with Gasteiger partial charge in [-0.05, 0) is 84.7 Å². The molecule has 196 valence electrons. The summed E-state index contributed by atoms with van der Waals surface area (Å²) in [4.78, 5) is 31.7. The van der Waals surface area contributed by atoms with Crippen LogP contribution in [0.15, 0.2) is 60.0 Å². The summed E-state index contributed by atoms with van der Waals surface area (Å²) >= 11 is 1.71. The van der Waals surface area contributed by atoms with Gasteiger partial charge in [0, 0.05) is 23.0 Å². The van der Waals surface area contributed by atoms with E-state index in [1.807, 2.05) is 30.9 Å². The van der Waals surface area contributed by atoms with Crippen LogP contribution in [0.25, 0.3) is 0 Å². The highest BCUT2D eigenvalue weighted by Crippen LogP contribution is 2.34. The number of rotatable bonds is 9. The number of carbonyl (C=O) groups is 2. The molecule has 0 fully saturated rings. The molecule has 0 N–H and O–H groups in total. The summed E-state index contributed by atoms with van der Waals surface area (Å²) in [5, 5.41) is 2.06. The molecule has 0 saturated carbocycles. The molecule has 1 aliphatic heterocycles. The van der Waals surface area contributed by atoms with Crippen molar-refractivity contribution in [3.8, 4) is 5.75 Å². The number of amides is 2. The van der Waals surface area contributed by atoms with Gasteiger partial charge in [0.05, 0.1) is 6.04 Å². The lowest BCUT2D eigenvalue weighted by atomic mass is 10.00. The van der Waals surface area contributed by atoms with Crippen molar-refractivity contribution in [2.75, 3.05) is 19.7 Å². The van der Waals surface area contributed by atoms with Gasteiger partial charge in [-0.1, -0.05) is 32.9 Å². The first-order valence-electron chi connectivity index (χ1n) is 12.9. The summed E-state index contributed by atoms with van der Waals surface area (Å²) in [6, 6.07) is 15.3. The monoisotopic (exact) mass is 522 g/mol. The number of ether oxygens (including phenoxy) is 1. The Morgan fingerprint density at radius 1 is 1.08 bits per heavy atom. The fraction of sp³-hybridized carbons (Fsp3) is 0.400. The zero-order valence-corrected chi connectivity index (χ0v) is 22.8. The lowest BCUT2D eigenvalue weighted by Crippen LogP contribution is -2.49. The fourth-order valence-electron chi connectivity index (χ4n) is 4.64. The van der Waals surface area contributed by atoms with Crippen LogP contribution in [0.1, 0.15) is 72.4 Å².